The first-order valence-corrected chi connectivity index (χ1v) is 5.63. The quantitative estimate of drug-likeness (QED) is 0.864. The predicted octanol–water partition coefficient (Wildman–Crippen LogP) is 3.20. The van der Waals surface area contributed by atoms with Crippen LogP contribution in [0.25, 0.3) is 0 Å². The number of aliphatic hydroxyl groups excluding tert-OH is 1. The van der Waals surface area contributed by atoms with Crippen LogP contribution >= 0.6 is 15.9 Å². The van der Waals surface area contributed by atoms with Gasteiger partial charge in [0.25, 0.3) is 0 Å². The maximum atomic E-state index is 13.7. The second-order valence-corrected chi connectivity index (χ2v) is 4.27. The van der Waals surface area contributed by atoms with Crippen molar-refractivity contribution in [2.45, 2.75) is 6.10 Å². The van der Waals surface area contributed by atoms with Gasteiger partial charge in [-0.3, -0.25) is 4.98 Å². The van der Waals surface area contributed by atoms with Crippen molar-refractivity contribution in [3.05, 3.63) is 63.9 Å². The van der Waals surface area contributed by atoms with Gasteiger partial charge in [-0.2, -0.15) is 0 Å². The molecule has 0 aliphatic heterocycles. The summed E-state index contributed by atoms with van der Waals surface area (Å²) in [7, 11) is 0. The van der Waals surface area contributed by atoms with Crippen LogP contribution in [0.1, 0.15) is 17.4 Å². The highest BCUT2D eigenvalue weighted by Gasteiger charge is 2.22. The summed E-state index contributed by atoms with van der Waals surface area (Å²) < 4.78 is 27.3. The number of aliphatic hydroxyl groups is 1. The van der Waals surface area contributed by atoms with Crippen LogP contribution in [0.3, 0.4) is 0 Å². The average Bonchev–Trinajstić information content (AvgIpc) is 2.35. The van der Waals surface area contributed by atoms with Gasteiger partial charge < -0.3 is 5.11 Å². The van der Waals surface area contributed by atoms with Crippen molar-refractivity contribution in [3.8, 4) is 0 Å². The zero-order valence-electron chi connectivity index (χ0n) is 8.57. The highest BCUT2D eigenvalue weighted by molar-refractivity contribution is 9.10. The summed E-state index contributed by atoms with van der Waals surface area (Å²) in [4.78, 5) is 3.87. The smallest absolute Gasteiger partial charge is 0.146 e. The number of hydrogen-bond donors (Lipinski definition) is 1. The molecule has 0 saturated heterocycles. The van der Waals surface area contributed by atoms with Gasteiger partial charge in [0.1, 0.15) is 17.7 Å². The molecule has 17 heavy (non-hydrogen) atoms. The van der Waals surface area contributed by atoms with Crippen LogP contribution in [0, 0.1) is 11.6 Å². The van der Waals surface area contributed by atoms with E-state index in [2.05, 4.69) is 20.9 Å². The number of hydrogen-bond acceptors (Lipinski definition) is 2. The third-order valence-corrected chi connectivity index (χ3v) is 2.93. The molecule has 88 valence electrons. The molecule has 5 heteroatoms. The van der Waals surface area contributed by atoms with Crippen LogP contribution in [0.2, 0.25) is 0 Å². The van der Waals surface area contributed by atoms with Crippen LogP contribution in [0.5, 0.6) is 0 Å². The minimum Gasteiger partial charge on any atom is -0.382 e. The molecule has 1 atom stereocenters. The van der Waals surface area contributed by atoms with Gasteiger partial charge in [0.15, 0.2) is 0 Å². The van der Waals surface area contributed by atoms with Crippen LogP contribution < -0.4 is 0 Å². The molecule has 0 aliphatic carbocycles. The first-order valence-electron chi connectivity index (χ1n) is 4.83. The van der Waals surface area contributed by atoms with Gasteiger partial charge >= 0.3 is 0 Å². The van der Waals surface area contributed by atoms with Gasteiger partial charge in [0, 0.05) is 6.20 Å². The van der Waals surface area contributed by atoms with Crippen LogP contribution in [0.15, 0.2) is 41.0 Å². The molecule has 0 aliphatic rings. The minimum absolute atomic E-state index is 0.101. The van der Waals surface area contributed by atoms with Crippen molar-refractivity contribution in [1.82, 2.24) is 4.98 Å². The van der Waals surface area contributed by atoms with Crippen molar-refractivity contribution >= 4 is 15.9 Å². The van der Waals surface area contributed by atoms with Crippen LogP contribution in [-0.4, -0.2) is 10.1 Å². The fraction of sp³-hybridized carbons (Fsp3) is 0.0833. The summed E-state index contributed by atoms with van der Waals surface area (Å²) in [5, 5.41) is 9.91. The fourth-order valence-corrected chi connectivity index (χ4v) is 1.82. The average molecular weight is 300 g/mol. The monoisotopic (exact) mass is 299 g/mol. The first-order chi connectivity index (χ1) is 8.11. The maximum Gasteiger partial charge on any atom is 0.146 e. The Morgan fingerprint density at radius 2 is 1.94 bits per heavy atom. The minimum atomic E-state index is -1.42. The Bertz CT molecular complexity index is 534. The number of halogens is 3. The zero-order valence-corrected chi connectivity index (χ0v) is 10.2. The van der Waals surface area contributed by atoms with Crippen molar-refractivity contribution in [2.75, 3.05) is 0 Å². The Morgan fingerprint density at radius 1 is 1.18 bits per heavy atom. The summed E-state index contributed by atoms with van der Waals surface area (Å²) in [6.45, 7) is 0. The lowest BCUT2D eigenvalue weighted by Crippen LogP contribution is -2.07. The molecule has 1 N–H and O–H groups in total. The number of nitrogens with zero attached hydrogens (tertiary/aromatic N) is 1. The number of benzene rings is 1. The number of aromatic nitrogens is 1. The Hall–Kier alpha value is -1.33. The Labute approximate surface area is 105 Å². The molecule has 2 aromatic rings. The molecule has 0 bridgehead atoms. The second-order valence-electron chi connectivity index (χ2n) is 3.41. The van der Waals surface area contributed by atoms with Crippen LogP contribution in [0.4, 0.5) is 8.78 Å². The van der Waals surface area contributed by atoms with E-state index in [-0.39, 0.29) is 10.2 Å². The lowest BCUT2D eigenvalue weighted by atomic mass is 10.0. The molecule has 2 nitrogen and oxygen atoms in total. The van der Waals surface area contributed by atoms with Crippen molar-refractivity contribution in [3.63, 3.8) is 0 Å². The topological polar surface area (TPSA) is 33.1 Å². The summed E-state index contributed by atoms with van der Waals surface area (Å²) in [6.07, 6.45) is 0.0282. The second kappa shape index (κ2) is 4.89. The Balaban J connectivity index is 2.51. The molecule has 0 saturated carbocycles. The first kappa shape index (κ1) is 12.1. The van der Waals surface area contributed by atoms with Crippen molar-refractivity contribution in [1.29, 1.82) is 0 Å². The molecule has 1 aromatic carbocycles. The molecular formula is C12H8BrF2NO. The largest absolute Gasteiger partial charge is 0.382 e. The van der Waals surface area contributed by atoms with Gasteiger partial charge in [-0.15, -0.1) is 0 Å². The predicted molar refractivity (Wildman–Crippen MR) is 62.4 cm³/mol. The van der Waals surface area contributed by atoms with E-state index in [1.54, 1.807) is 12.1 Å². The lowest BCUT2D eigenvalue weighted by Gasteiger charge is -2.13. The fourth-order valence-electron chi connectivity index (χ4n) is 1.48. The normalized spacial score (nSPS) is 12.5. The summed E-state index contributed by atoms with van der Waals surface area (Å²) >= 11 is 2.95. The molecule has 1 unspecified atom stereocenters. The van der Waals surface area contributed by atoms with Gasteiger partial charge in [0.05, 0.1) is 15.7 Å². The van der Waals surface area contributed by atoms with Gasteiger partial charge in [0.2, 0.25) is 0 Å². The Morgan fingerprint density at radius 3 is 2.59 bits per heavy atom. The highest BCUT2D eigenvalue weighted by Crippen LogP contribution is 2.29. The molecule has 0 amide bonds. The van der Waals surface area contributed by atoms with E-state index in [0.29, 0.717) is 0 Å². The maximum absolute atomic E-state index is 13.7. The van der Waals surface area contributed by atoms with Gasteiger partial charge in [-0.25, -0.2) is 8.78 Å². The van der Waals surface area contributed by atoms with E-state index in [1.165, 1.54) is 18.3 Å². The molecule has 0 radical (unpaired) electrons. The zero-order chi connectivity index (χ0) is 12.4. The SMILES string of the molecule is OC(c1ccccn1)c1c(F)ccc(Br)c1F. The van der Waals surface area contributed by atoms with E-state index < -0.39 is 23.3 Å². The third kappa shape index (κ3) is 2.35. The number of pyridine rings is 1. The van der Waals surface area contributed by atoms with Crippen molar-refractivity contribution < 1.29 is 13.9 Å². The van der Waals surface area contributed by atoms with Gasteiger partial charge in [-0.05, 0) is 40.2 Å². The molecular weight excluding hydrogens is 292 g/mol. The lowest BCUT2D eigenvalue weighted by molar-refractivity contribution is 0.204. The van der Waals surface area contributed by atoms with E-state index >= 15 is 0 Å². The molecule has 0 fully saturated rings. The van der Waals surface area contributed by atoms with E-state index in [4.69, 9.17) is 0 Å². The standard InChI is InChI=1S/C12H8BrF2NO/c13-7-4-5-8(14)10(11(7)15)12(17)9-3-1-2-6-16-9/h1-6,12,17H. The Kier molecular flexibility index (Phi) is 3.49. The molecule has 1 heterocycles. The summed E-state index contributed by atoms with van der Waals surface area (Å²) in [5.74, 6) is -1.62. The van der Waals surface area contributed by atoms with E-state index in [1.807, 2.05) is 0 Å². The van der Waals surface area contributed by atoms with E-state index in [9.17, 15) is 13.9 Å². The highest BCUT2D eigenvalue weighted by atomic mass is 79.9. The van der Waals surface area contributed by atoms with E-state index in [0.717, 1.165) is 6.07 Å². The summed E-state index contributed by atoms with van der Waals surface area (Å²) in [5.41, 5.74) is -0.207. The third-order valence-electron chi connectivity index (χ3n) is 2.32. The number of rotatable bonds is 2. The molecule has 0 spiro atoms. The summed E-state index contributed by atoms with van der Waals surface area (Å²) in [6, 6.07) is 7.14. The molecule has 1 aromatic heterocycles. The van der Waals surface area contributed by atoms with Gasteiger partial charge in [-0.1, -0.05) is 6.07 Å². The van der Waals surface area contributed by atoms with Crippen molar-refractivity contribution in [2.24, 2.45) is 0 Å². The molecule has 2 rings (SSSR count). The van der Waals surface area contributed by atoms with Crippen LogP contribution in [-0.2, 0) is 0 Å².